The predicted molar refractivity (Wildman–Crippen MR) is 151 cm³/mol. The monoisotopic (exact) mass is 571 g/mol. The molecule has 2 fully saturated rings. The van der Waals surface area contributed by atoms with Crippen LogP contribution in [0.25, 0.3) is 11.3 Å². The molecule has 0 saturated carbocycles. The number of aromatic nitrogens is 1. The second kappa shape index (κ2) is 10.6. The molecule has 3 atom stereocenters. The number of piperazine rings is 1. The Morgan fingerprint density at radius 2 is 2.00 bits per heavy atom. The average molecular weight is 572 g/mol. The van der Waals surface area contributed by atoms with Crippen LogP contribution in [0.2, 0.25) is 5.02 Å². The molecule has 2 aromatic rings. The number of nitrogens with zero attached hydrogens (tertiary/aromatic N) is 5. The number of hydrogen-bond donors (Lipinski definition) is 0. The van der Waals surface area contributed by atoms with Crippen LogP contribution in [0.5, 0.6) is 5.75 Å². The first-order chi connectivity index (χ1) is 19.0. The number of likely N-dealkylation sites (N-methyl/N-ethyl adjacent to an activating group) is 1. The maximum Gasteiger partial charge on any atom is 0.261 e. The van der Waals surface area contributed by atoms with Crippen LogP contribution in [0.15, 0.2) is 36.9 Å². The summed E-state index contributed by atoms with van der Waals surface area (Å²) >= 11 is 6.90. The third-order valence-electron chi connectivity index (χ3n) is 8.35. The summed E-state index contributed by atoms with van der Waals surface area (Å²) in [6, 6.07) is 5.86. The van der Waals surface area contributed by atoms with E-state index in [9.17, 15) is 9.59 Å². The molecule has 5 rings (SSSR count). The Bertz CT molecular complexity index is 1350. The molecule has 2 saturated heterocycles. The molecule has 2 amide bonds. The van der Waals surface area contributed by atoms with Gasteiger partial charge in [0.25, 0.3) is 5.91 Å². The van der Waals surface area contributed by atoms with Crippen molar-refractivity contribution in [1.82, 2.24) is 19.7 Å². The lowest BCUT2D eigenvalue weighted by molar-refractivity contribution is -0.128. The lowest BCUT2D eigenvalue weighted by Gasteiger charge is -2.40. The number of fused-ring (bicyclic) bond motifs is 2. The summed E-state index contributed by atoms with van der Waals surface area (Å²) in [5.41, 5.74) is 0.0502. The van der Waals surface area contributed by atoms with Crippen molar-refractivity contribution in [3.05, 3.63) is 53.3 Å². The Kier molecular flexibility index (Phi) is 7.54. The molecule has 3 aliphatic rings. The number of rotatable bonds is 5. The van der Waals surface area contributed by atoms with E-state index in [0.29, 0.717) is 32.0 Å². The van der Waals surface area contributed by atoms with Crippen molar-refractivity contribution in [1.29, 1.82) is 0 Å². The molecule has 214 valence electrons. The average Bonchev–Trinajstić information content (AvgIpc) is 3.11. The number of carbonyl (C=O) groups is 2. The SMILES string of the molecule is C=CC(=O)N1CCN2C(=O)c3c(N4C[C@H](N(C)C)C(OC)C4(C)C)nc(-c4ccccc4F)c(Cl)c3OCC2C1. The molecule has 3 aliphatic heterocycles. The molecule has 4 heterocycles. The van der Waals surface area contributed by atoms with Crippen molar-refractivity contribution in [3.8, 4) is 17.0 Å². The van der Waals surface area contributed by atoms with Crippen molar-refractivity contribution in [2.45, 2.75) is 37.6 Å². The Morgan fingerprint density at radius 3 is 2.62 bits per heavy atom. The molecule has 2 unspecified atom stereocenters. The lowest BCUT2D eigenvalue weighted by Crippen LogP contribution is -2.57. The summed E-state index contributed by atoms with van der Waals surface area (Å²) in [5.74, 6) is -0.436. The van der Waals surface area contributed by atoms with E-state index in [4.69, 9.17) is 26.1 Å². The van der Waals surface area contributed by atoms with Gasteiger partial charge in [0.15, 0.2) is 5.75 Å². The molecule has 40 heavy (non-hydrogen) atoms. The van der Waals surface area contributed by atoms with Gasteiger partial charge in [-0.05, 0) is 46.2 Å². The van der Waals surface area contributed by atoms with Crippen LogP contribution in [0.3, 0.4) is 0 Å². The minimum Gasteiger partial charge on any atom is -0.489 e. The quantitative estimate of drug-likeness (QED) is 0.510. The molecule has 0 radical (unpaired) electrons. The summed E-state index contributed by atoms with van der Waals surface area (Å²) in [6.07, 6.45) is 1.06. The van der Waals surface area contributed by atoms with E-state index in [0.717, 1.165) is 0 Å². The van der Waals surface area contributed by atoms with E-state index in [1.807, 2.05) is 32.8 Å². The molecule has 0 bridgehead atoms. The smallest absolute Gasteiger partial charge is 0.261 e. The minimum absolute atomic E-state index is 0.00644. The van der Waals surface area contributed by atoms with Crippen molar-refractivity contribution in [2.75, 3.05) is 58.9 Å². The topological polar surface area (TPSA) is 78.5 Å². The number of amides is 2. The largest absolute Gasteiger partial charge is 0.489 e. The predicted octanol–water partition coefficient (Wildman–Crippen LogP) is 3.32. The number of ether oxygens (including phenoxy) is 2. The Morgan fingerprint density at radius 1 is 1.27 bits per heavy atom. The van der Waals surface area contributed by atoms with Crippen molar-refractivity contribution in [2.24, 2.45) is 0 Å². The summed E-state index contributed by atoms with van der Waals surface area (Å²) < 4.78 is 27.3. The Labute approximate surface area is 239 Å². The molecule has 0 aliphatic carbocycles. The van der Waals surface area contributed by atoms with Crippen LogP contribution < -0.4 is 9.64 Å². The number of benzene rings is 1. The maximum absolute atomic E-state index is 15.1. The van der Waals surface area contributed by atoms with Gasteiger partial charge in [-0.15, -0.1) is 0 Å². The third-order valence-corrected chi connectivity index (χ3v) is 8.70. The minimum atomic E-state index is -0.591. The number of hydrogen-bond acceptors (Lipinski definition) is 7. The van der Waals surface area contributed by atoms with Gasteiger partial charge in [-0.25, -0.2) is 9.37 Å². The third kappa shape index (κ3) is 4.52. The fourth-order valence-electron chi connectivity index (χ4n) is 6.18. The number of halogens is 2. The van der Waals surface area contributed by atoms with E-state index >= 15 is 4.39 Å². The number of methoxy groups -OCH3 is 1. The first-order valence-electron chi connectivity index (χ1n) is 13.3. The van der Waals surface area contributed by atoms with E-state index in [1.165, 1.54) is 12.1 Å². The maximum atomic E-state index is 15.1. The molecule has 11 heteroatoms. The second-order valence-electron chi connectivity index (χ2n) is 11.2. The first kappa shape index (κ1) is 28.3. The number of pyridine rings is 1. The fraction of sp³-hybridized carbons (Fsp3) is 0.483. The molecular formula is C29H35ClFN5O4. The molecule has 0 spiro atoms. The van der Waals surface area contributed by atoms with Gasteiger partial charge in [-0.2, -0.15) is 0 Å². The van der Waals surface area contributed by atoms with E-state index in [-0.39, 0.29) is 58.2 Å². The molecule has 1 aromatic heterocycles. The van der Waals surface area contributed by atoms with Crippen LogP contribution in [-0.4, -0.2) is 109 Å². The van der Waals surface area contributed by atoms with E-state index < -0.39 is 17.4 Å². The Hall–Kier alpha value is -3.21. The summed E-state index contributed by atoms with van der Waals surface area (Å²) in [6.45, 7) is 9.29. The highest BCUT2D eigenvalue weighted by molar-refractivity contribution is 6.35. The van der Waals surface area contributed by atoms with Crippen LogP contribution in [-0.2, 0) is 9.53 Å². The van der Waals surface area contributed by atoms with Crippen LogP contribution >= 0.6 is 11.6 Å². The summed E-state index contributed by atoms with van der Waals surface area (Å²) in [5, 5.41) is 0.0699. The lowest BCUT2D eigenvalue weighted by atomic mass is 9.95. The Balaban J connectivity index is 1.70. The molecule has 9 nitrogen and oxygen atoms in total. The van der Waals surface area contributed by atoms with Crippen molar-refractivity contribution in [3.63, 3.8) is 0 Å². The van der Waals surface area contributed by atoms with Gasteiger partial charge in [-0.1, -0.05) is 30.3 Å². The molecular weight excluding hydrogens is 537 g/mol. The summed E-state index contributed by atoms with van der Waals surface area (Å²) in [4.78, 5) is 39.1. The number of anilines is 1. The normalized spacial score (nSPS) is 23.9. The van der Waals surface area contributed by atoms with Gasteiger partial charge in [0.1, 0.15) is 28.8 Å². The zero-order valence-electron chi connectivity index (χ0n) is 23.5. The van der Waals surface area contributed by atoms with Crippen LogP contribution in [0, 0.1) is 5.82 Å². The standard InChI is InChI=1S/C29H35ClFN5O4/c1-7-21(37)34-12-13-35-17(14-34)16-40-25-22(28(35)38)27(32-24(23(25)30)18-10-8-9-11-19(18)31)36-15-20(33(4)5)26(39-6)29(36,2)3/h7-11,17,20,26H,1,12-16H2,2-6H3/t17?,20-,26?/m0/s1. The van der Waals surface area contributed by atoms with Gasteiger partial charge < -0.3 is 29.1 Å². The van der Waals surface area contributed by atoms with Gasteiger partial charge >= 0.3 is 0 Å². The summed E-state index contributed by atoms with van der Waals surface area (Å²) in [7, 11) is 5.65. The van der Waals surface area contributed by atoms with Gasteiger partial charge in [0.2, 0.25) is 5.91 Å². The van der Waals surface area contributed by atoms with Crippen LogP contribution in [0.1, 0.15) is 24.2 Å². The van der Waals surface area contributed by atoms with Gasteiger partial charge in [-0.3, -0.25) is 9.59 Å². The van der Waals surface area contributed by atoms with E-state index in [2.05, 4.69) is 11.5 Å². The second-order valence-corrected chi connectivity index (χ2v) is 11.6. The van der Waals surface area contributed by atoms with Gasteiger partial charge in [0.05, 0.1) is 29.4 Å². The zero-order chi connectivity index (χ0) is 28.9. The van der Waals surface area contributed by atoms with Crippen LogP contribution in [0.4, 0.5) is 10.2 Å². The molecule has 0 N–H and O–H groups in total. The highest BCUT2D eigenvalue weighted by Crippen LogP contribution is 2.47. The molecule has 1 aromatic carbocycles. The van der Waals surface area contributed by atoms with E-state index in [1.54, 1.807) is 35.1 Å². The highest BCUT2D eigenvalue weighted by atomic mass is 35.5. The fourth-order valence-corrected chi connectivity index (χ4v) is 6.48. The zero-order valence-corrected chi connectivity index (χ0v) is 24.2. The van der Waals surface area contributed by atoms with Crippen molar-refractivity contribution < 1.29 is 23.5 Å². The van der Waals surface area contributed by atoms with Crippen molar-refractivity contribution >= 4 is 29.2 Å². The number of carbonyl (C=O) groups excluding carboxylic acids is 2. The van der Waals surface area contributed by atoms with Gasteiger partial charge in [0, 0.05) is 38.9 Å². The highest BCUT2D eigenvalue weighted by Gasteiger charge is 2.52. The first-order valence-corrected chi connectivity index (χ1v) is 13.7.